The first-order valence-electron chi connectivity index (χ1n) is 6.41. The summed E-state index contributed by atoms with van der Waals surface area (Å²) in [5.41, 5.74) is 0.493. The summed E-state index contributed by atoms with van der Waals surface area (Å²) in [5, 5.41) is 3.31. The lowest BCUT2D eigenvalue weighted by atomic mass is 10.2. The summed E-state index contributed by atoms with van der Waals surface area (Å²) in [5.74, 6) is -0.0802. The average Bonchev–Trinajstić information content (AvgIpc) is 2.47. The molecule has 1 aliphatic rings. The molecule has 3 rings (SSSR count). The fraction of sp³-hybridized carbons (Fsp3) is 0.200. The minimum Gasteiger partial charge on any atom is -0.486 e. The number of benzene rings is 2. The minimum atomic E-state index is -0.601. The quantitative estimate of drug-likeness (QED) is 0.929. The van der Waals surface area contributed by atoms with Gasteiger partial charge in [0.1, 0.15) is 24.8 Å². The topological polar surface area (TPSA) is 30.5 Å². The standard InChI is InChI=1S/C15H12ClF2NO2/c16-10-6-14-15(21-5-4-20-14)7-13(10)19-8-9-11(17)2-1-3-12(9)18/h1-3,6-7,19H,4-5,8H2. The fourth-order valence-corrected chi connectivity index (χ4v) is 2.30. The molecule has 21 heavy (non-hydrogen) atoms. The maximum absolute atomic E-state index is 13.6. The van der Waals surface area contributed by atoms with Crippen LogP contribution in [0.2, 0.25) is 5.02 Å². The largest absolute Gasteiger partial charge is 0.486 e. The predicted molar refractivity (Wildman–Crippen MR) is 76.1 cm³/mol. The van der Waals surface area contributed by atoms with E-state index in [-0.39, 0.29) is 12.1 Å². The van der Waals surface area contributed by atoms with Gasteiger partial charge in [-0.2, -0.15) is 0 Å². The number of hydrogen-bond donors (Lipinski definition) is 1. The molecular formula is C15H12ClF2NO2. The zero-order valence-electron chi connectivity index (χ0n) is 11.0. The molecule has 1 heterocycles. The van der Waals surface area contributed by atoms with Crippen molar-refractivity contribution in [2.24, 2.45) is 0 Å². The predicted octanol–water partition coefficient (Wildman–Crippen LogP) is 4.00. The van der Waals surface area contributed by atoms with Crippen LogP contribution in [-0.4, -0.2) is 13.2 Å². The van der Waals surface area contributed by atoms with Crippen LogP contribution in [-0.2, 0) is 6.54 Å². The summed E-state index contributed by atoms with van der Waals surface area (Å²) in [4.78, 5) is 0. The third-order valence-electron chi connectivity index (χ3n) is 3.15. The smallest absolute Gasteiger partial charge is 0.163 e. The van der Waals surface area contributed by atoms with Crippen LogP contribution in [0.5, 0.6) is 11.5 Å². The van der Waals surface area contributed by atoms with Gasteiger partial charge >= 0.3 is 0 Å². The Morgan fingerprint density at radius 1 is 1.05 bits per heavy atom. The second-order valence-electron chi connectivity index (χ2n) is 4.53. The number of ether oxygens (including phenoxy) is 2. The van der Waals surface area contributed by atoms with E-state index in [1.165, 1.54) is 18.2 Å². The molecule has 0 unspecified atom stereocenters. The van der Waals surface area contributed by atoms with E-state index >= 15 is 0 Å². The second-order valence-corrected chi connectivity index (χ2v) is 4.94. The van der Waals surface area contributed by atoms with E-state index in [2.05, 4.69) is 5.32 Å². The third kappa shape index (κ3) is 2.88. The van der Waals surface area contributed by atoms with Crippen molar-refractivity contribution < 1.29 is 18.3 Å². The molecule has 3 nitrogen and oxygen atoms in total. The molecule has 0 amide bonds. The molecular weight excluding hydrogens is 300 g/mol. The van der Waals surface area contributed by atoms with E-state index in [4.69, 9.17) is 21.1 Å². The van der Waals surface area contributed by atoms with Gasteiger partial charge in [0.25, 0.3) is 0 Å². The van der Waals surface area contributed by atoms with Crippen molar-refractivity contribution in [1.82, 2.24) is 0 Å². The van der Waals surface area contributed by atoms with Gasteiger partial charge in [0, 0.05) is 24.2 Å². The van der Waals surface area contributed by atoms with Crippen LogP contribution >= 0.6 is 11.6 Å². The van der Waals surface area contributed by atoms with Crippen molar-refractivity contribution in [3.63, 3.8) is 0 Å². The Kier molecular flexibility index (Phi) is 3.84. The maximum Gasteiger partial charge on any atom is 0.163 e. The molecule has 0 saturated heterocycles. The minimum absolute atomic E-state index is 0.0160. The molecule has 0 bridgehead atoms. The molecule has 0 spiro atoms. The van der Waals surface area contributed by atoms with Gasteiger partial charge < -0.3 is 14.8 Å². The van der Waals surface area contributed by atoms with Gasteiger partial charge in [0.05, 0.1) is 10.7 Å². The number of anilines is 1. The van der Waals surface area contributed by atoms with Gasteiger partial charge in [-0.25, -0.2) is 8.78 Å². The van der Waals surface area contributed by atoms with Crippen LogP contribution in [0, 0.1) is 11.6 Å². The van der Waals surface area contributed by atoms with Crippen LogP contribution in [0.1, 0.15) is 5.56 Å². The maximum atomic E-state index is 13.6. The van der Waals surface area contributed by atoms with E-state index in [0.29, 0.717) is 35.4 Å². The first-order valence-corrected chi connectivity index (χ1v) is 6.79. The van der Waals surface area contributed by atoms with Crippen LogP contribution in [0.4, 0.5) is 14.5 Å². The monoisotopic (exact) mass is 311 g/mol. The van der Waals surface area contributed by atoms with Gasteiger partial charge in [-0.15, -0.1) is 0 Å². The highest BCUT2D eigenvalue weighted by atomic mass is 35.5. The summed E-state index contributed by atoms with van der Waals surface area (Å²) in [6.07, 6.45) is 0. The highest BCUT2D eigenvalue weighted by Crippen LogP contribution is 2.38. The van der Waals surface area contributed by atoms with E-state index in [1.54, 1.807) is 12.1 Å². The van der Waals surface area contributed by atoms with Crippen LogP contribution in [0.25, 0.3) is 0 Å². The van der Waals surface area contributed by atoms with E-state index < -0.39 is 11.6 Å². The average molecular weight is 312 g/mol. The Labute approximate surface area is 125 Å². The molecule has 0 fully saturated rings. The first kappa shape index (κ1) is 13.9. The van der Waals surface area contributed by atoms with E-state index in [1.807, 2.05) is 0 Å². The molecule has 0 aliphatic carbocycles. The molecule has 1 aliphatic heterocycles. The highest BCUT2D eigenvalue weighted by Gasteiger charge is 2.16. The molecule has 6 heteroatoms. The van der Waals surface area contributed by atoms with E-state index in [0.717, 1.165) is 0 Å². The first-order chi connectivity index (χ1) is 10.1. The molecule has 0 radical (unpaired) electrons. The van der Waals surface area contributed by atoms with Crippen LogP contribution in [0.15, 0.2) is 30.3 Å². The van der Waals surface area contributed by atoms with Crippen LogP contribution in [0.3, 0.4) is 0 Å². The number of hydrogen-bond acceptors (Lipinski definition) is 3. The van der Waals surface area contributed by atoms with Crippen LogP contribution < -0.4 is 14.8 Å². The van der Waals surface area contributed by atoms with Crippen molar-refractivity contribution in [2.45, 2.75) is 6.54 Å². The summed E-state index contributed by atoms with van der Waals surface area (Å²) >= 11 is 6.12. The normalized spacial score (nSPS) is 13.1. The Balaban J connectivity index is 1.82. The molecule has 0 aromatic heterocycles. The van der Waals surface area contributed by atoms with Gasteiger partial charge in [-0.1, -0.05) is 17.7 Å². The summed E-state index contributed by atoms with van der Waals surface area (Å²) in [6, 6.07) is 7.04. The Bertz CT molecular complexity index is 659. The Morgan fingerprint density at radius 2 is 1.67 bits per heavy atom. The van der Waals surface area contributed by atoms with Crippen molar-refractivity contribution in [3.8, 4) is 11.5 Å². The fourth-order valence-electron chi connectivity index (χ4n) is 2.08. The molecule has 0 atom stereocenters. The summed E-state index contributed by atoms with van der Waals surface area (Å²) < 4.78 is 38.0. The lowest BCUT2D eigenvalue weighted by molar-refractivity contribution is 0.171. The number of fused-ring (bicyclic) bond motifs is 1. The highest BCUT2D eigenvalue weighted by molar-refractivity contribution is 6.33. The Morgan fingerprint density at radius 3 is 2.33 bits per heavy atom. The number of rotatable bonds is 3. The second kappa shape index (κ2) is 5.77. The zero-order valence-corrected chi connectivity index (χ0v) is 11.7. The van der Waals surface area contributed by atoms with E-state index in [9.17, 15) is 8.78 Å². The van der Waals surface area contributed by atoms with Gasteiger partial charge in [-0.3, -0.25) is 0 Å². The lowest BCUT2D eigenvalue weighted by Crippen LogP contribution is -2.15. The lowest BCUT2D eigenvalue weighted by Gasteiger charge is -2.20. The molecule has 2 aromatic rings. The molecule has 1 N–H and O–H groups in total. The van der Waals surface area contributed by atoms with Gasteiger partial charge in [-0.05, 0) is 12.1 Å². The summed E-state index contributed by atoms with van der Waals surface area (Å²) in [6.45, 7) is 0.907. The molecule has 110 valence electrons. The Hall–Kier alpha value is -2.01. The van der Waals surface area contributed by atoms with Crippen molar-refractivity contribution in [1.29, 1.82) is 0 Å². The SMILES string of the molecule is Fc1cccc(F)c1CNc1cc2c(cc1Cl)OCCO2. The zero-order chi connectivity index (χ0) is 14.8. The number of nitrogens with one attached hydrogen (secondary N) is 1. The summed E-state index contributed by atoms with van der Waals surface area (Å²) in [7, 11) is 0. The van der Waals surface area contributed by atoms with Crippen molar-refractivity contribution in [2.75, 3.05) is 18.5 Å². The third-order valence-corrected chi connectivity index (χ3v) is 3.46. The van der Waals surface area contributed by atoms with Crippen molar-refractivity contribution in [3.05, 3.63) is 52.6 Å². The van der Waals surface area contributed by atoms with Gasteiger partial charge in [0.2, 0.25) is 0 Å². The van der Waals surface area contributed by atoms with Gasteiger partial charge in [0.15, 0.2) is 11.5 Å². The molecule has 0 saturated carbocycles. The molecule has 2 aromatic carbocycles. The van der Waals surface area contributed by atoms with Crippen molar-refractivity contribution >= 4 is 17.3 Å². The number of halogens is 3.